The van der Waals surface area contributed by atoms with Crippen LogP contribution in [-0.4, -0.2) is 48.4 Å². The number of anilines is 1. The molecule has 6 nitrogen and oxygen atoms in total. The molecule has 0 bridgehead atoms. The number of nitrogens with zero attached hydrogens (tertiary/aromatic N) is 3. The molecule has 2 heterocycles. The van der Waals surface area contributed by atoms with Gasteiger partial charge in [-0.05, 0) is 69.2 Å². The fraction of sp³-hybridized carbons (Fsp3) is 0.500. The van der Waals surface area contributed by atoms with Gasteiger partial charge in [0.05, 0.1) is 7.11 Å². The van der Waals surface area contributed by atoms with E-state index in [4.69, 9.17) is 4.74 Å². The Bertz CT molecular complexity index is 810. The van der Waals surface area contributed by atoms with Crippen LogP contribution in [0.15, 0.2) is 29.4 Å². The number of methoxy groups -OCH3 is 1. The van der Waals surface area contributed by atoms with Crippen molar-refractivity contribution in [1.29, 1.82) is 0 Å². The van der Waals surface area contributed by atoms with Crippen LogP contribution in [0.25, 0.3) is 0 Å². The van der Waals surface area contributed by atoms with Crippen molar-refractivity contribution in [3.8, 4) is 5.75 Å². The topological polar surface area (TPSA) is 67.3 Å². The van der Waals surface area contributed by atoms with Gasteiger partial charge in [0.15, 0.2) is 5.16 Å². The summed E-state index contributed by atoms with van der Waals surface area (Å²) in [6.07, 6.45) is 5.05. The molecule has 1 aliphatic rings. The van der Waals surface area contributed by atoms with E-state index < -0.39 is 0 Å². The van der Waals surface area contributed by atoms with Gasteiger partial charge in [-0.2, -0.15) is 0 Å². The van der Waals surface area contributed by atoms with Gasteiger partial charge in [-0.1, -0.05) is 11.8 Å². The number of piperidine rings is 1. The molecule has 0 spiro atoms. The summed E-state index contributed by atoms with van der Waals surface area (Å²) in [6, 6.07) is 8.40. The quantitative estimate of drug-likeness (QED) is 0.552. The second kappa shape index (κ2) is 9.96. The van der Waals surface area contributed by atoms with Gasteiger partial charge in [-0.3, -0.25) is 4.79 Å². The molecule has 1 aromatic carbocycles. The van der Waals surface area contributed by atoms with E-state index in [1.165, 1.54) is 5.69 Å². The maximum Gasteiger partial charge on any atom is 0.220 e. The van der Waals surface area contributed by atoms with Crippen LogP contribution in [0.1, 0.15) is 36.2 Å². The van der Waals surface area contributed by atoms with Crippen molar-refractivity contribution >= 4 is 23.4 Å². The molecule has 0 saturated carbocycles. The van der Waals surface area contributed by atoms with E-state index in [2.05, 4.69) is 32.3 Å². The third-order valence-electron chi connectivity index (χ3n) is 5.48. The van der Waals surface area contributed by atoms with E-state index in [0.717, 1.165) is 53.8 Å². The molecule has 1 aromatic heterocycles. The normalized spacial score (nSPS) is 14.7. The van der Waals surface area contributed by atoms with E-state index in [-0.39, 0.29) is 11.9 Å². The number of rotatable bonds is 7. The minimum absolute atomic E-state index is 0.112. The number of aromatic nitrogens is 2. The molecule has 0 aliphatic carbocycles. The lowest BCUT2D eigenvalue weighted by Crippen LogP contribution is -2.44. The fourth-order valence-electron chi connectivity index (χ4n) is 3.78. The van der Waals surface area contributed by atoms with Gasteiger partial charge in [0.2, 0.25) is 5.91 Å². The van der Waals surface area contributed by atoms with E-state index in [0.29, 0.717) is 12.8 Å². The number of thioether (sulfide) groups is 1. The molecule has 1 saturated heterocycles. The van der Waals surface area contributed by atoms with Crippen molar-refractivity contribution in [1.82, 2.24) is 15.3 Å². The van der Waals surface area contributed by atoms with Crippen molar-refractivity contribution in [2.24, 2.45) is 0 Å². The Morgan fingerprint density at radius 2 is 1.79 bits per heavy atom. The summed E-state index contributed by atoms with van der Waals surface area (Å²) in [4.78, 5) is 23.8. The fourth-order valence-corrected chi connectivity index (χ4v) is 4.23. The van der Waals surface area contributed by atoms with Crippen LogP contribution < -0.4 is 15.0 Å². The highest BCUT2D eigenvalue weighted by Crippen LogP contribution is 2.23. The number of nitrogens with one attached hydrogen (secondary N) is 1. The highest BCUT2D eigenvalue weighted by atomic mass is 32.2. The van der Waals surface area contributed by atoms with E-state index in [1.807, 2.05) is 32.2 Å². The minimum atomic E-state index is 0.112. The number of benzene rings is 1. The SMILES string of the molecule is COc1ccc(N2CCC(NC(=O)CCc3c(C)nc(SC)nc3C)CC2)cc1. The lowest BCUT2D eigenvalue weighted by atomic mass is 10.0. The standard InChI is InChI=1S/C22H30N4O2S/c1-15-20(16(2)24-22(23-15)29-4)9-10-21(27)25-17-11-13-26(14-12-17)18-5-7-19(28-3)8-6-18/h5-8,17H,9-14H2,1-4H3,(H,25,27). The Labute approximate surface area is 177 Å². The third-order valence-corrected chi connectivity index (χ3v) is 6.03. The van der Waals surface area contributed by atoms with Crippen LogP contribution in [0.3, 0.4) is 0 Å². The number of carbonyl (C=O) groups is 1. The van der Waals surface area contributed by atoms with E-state index in [9.17, 15) is 4.79 Å². The van der Waals surface area contributed by atoms with Gasteiger partial charge in [0.1, 0.15) is 5.75 Å². The number of ether oxygens (including phenoxy) is 1. The molecule has 1 aliphatic heterocycles. The van der Waals surface area contributed by atoms with Crippen LogP contribution in [-0.2, 0) is 11.2 Å². The largest absolute Gasteiger partial charge is 0.497 e. The summed E-state index contributed by atoms with van der Waals surface area (Å²) in [5.74, 6) is 0.982. The molecule has 3 rings (SSSR count). The van der Waals surface area contributed by atoms with Crippen LogP contribution >= 0.6 is 11.8 Å². The molecule has 1 amide bonds. The summed E-state index contributed by atoms with van der Waals surface area (Å²) in [6.45, 7) is 5.88. The molecular weight excluding hydrogens is 384 g/mol. The lowest BCUT2D eigenvalue weighted by molar-refractivity contribution is -0.121. The smallest absolute Gasteiger partial charge is 0.220 e. The summed E-state index contributed by atoms with van der Waals surface area (Å²) < 4.78 is 5.22. The maximum absolute atomic E-state index is 12.5. The Morgan fingerprint density at radius 3 is 2.34 bits per heavy atom. The molecule has 2 aromatic rings. The van der Waals surface area contributed by atoms with Crippen LogP contribution in [0.2, 0.25) is 0 Å². The monoisotopic (exact) mass is 414 g/mol. The summed E-state index contributed by atoms with van der Waals surface area (Å²) in [7, 11) is 1.68. The lowest BCUT2D eigenvalue weighted by Gasteiger charge is -2.34. The van der Waals surface area contributed by atoms with Gasteiger partial charge in [-0.25, -0.2) is 9.97 Å². The number of aryl methyl sites for hydroxylation is 2. The van der Waals surface area contributed by atoms with E-state index >= 15 is 0 Å². The predicted molar refractivity (Wildman–Crippen MR) is 118 cm³/mol. The first-order valence-electron chi connectivity index (χ1n) is 10.1. The number of hydrogen-bond donors (Lipinski definition) is 1. The average Bonchev–Trinajstić information content (AvgIpc) is 2.73. The molecule has 1 fully saturated rings. The molecule has 156 valence electrons. The predicted octanol–water partition coefficient (Wildman–Crippen LogP) is 3.54. The van der Waals surface area contributed by atoms with Gasteiger partial charge < -0.3 is 15.0 Å². The van der Waals surface area contributed by atoms with Crippen LogP contribution in [0.5, 0.6) is 5.75 Å². The first-order valence-corrected chi connectivity index (χ1v) is 11.3. The van der Waals surface area contributed by atoms with Crippen molar-refractivity contribution in [2.75, 3.05) is 31.4 Å². The first-order chi connectivity index (χ1) is 14.0. The Kier molecular flexibility index (Phi) is 7.36. The molecule has 7 heteroatoms. The number of hydrogen-bond acceptors (Lipinski definition) is 6. The zero-order valence-electron chi connectivity index (χ0n) is 17.7. The third kappa shape index (κ3) is 5.63. The Balaban J connectivity index is 1.46. The zero-order valence-corrected chi connectivity index (χ0v) is 18.5. The van der Waals surface area contributed by atoms with Crippen molar-refractivity contribution in [2.45, 2.75) is 50.7 Å². The van der Waals surface area contributed by atoms with Crippen molar-refractivity contribution < 1.29 is 9.53 Å². The van der Waals surface area contributed by atoms with Crippen molar-refractivity contribution in [3.05, 3.63) is 41.2 Å². The second-order valence-electron chi connectivity index (χ2n) is 7.39. The summed E-state index contributed by atoms with van der Waals surface area (Å²) in [5, 5.41) is 4.00. The molecule has 29 heavy (non-hydrogen) atoms. The number of amides is 1. The van der Waals surface area contributed by atoms with Gasteiger partial charge in [0, 0.05) is 42.6 Å². The first kappa shape index (κ1) is 21.4. The van der Waals surface area contributed by atoms with Crippen LogP contribution in [0, 0.1) is 13.8 Å². The summed E-state index contributed by atoms with van der Waals surface area (Å²) >= 11 is 1.54. The van der Waals surface area contributed by atoms with Crippen molar-refractivity contribution in [3.63, 3.8) is 0 Å². The molecular formula is C22H30N4O2S. The number of carbonyl (C=O) groups excluding carboxylic acids is 1. The molecule has 1 N–H and O–H groups in total. The second-order valence-corrected chi connectivity index (χ2v) is 8.16. The van der Waals surface area contributed by atoms with Gasteiger partial charge in [-0.15, -0.1) is 0 Å². The maximum atomic E-state index is 12.5. The highest BCUT2D eigenvalue weighted by molar-refractivity contribution is 7.98. The average molecular weight is 415 g/mol. The zero-order chi connectivity index (χ0) is 20.8. The minimum Gasteiger partial charge on any atom is -0.497 e. The molecule has 0 unspecified atom stereocenters. The van der Waals surface area contributed by atoms with Gasteiger partial charge in [0.25, 0.3) is 0 Å². The van der Waals surface area contributed by atoms with Gasteiger partial charge >= 0.3 is 0 Å². The van der Waals surface area contributed by atoms with E-state index in [1.54, 1.807) is 18.9 Å². The Hall–Kier alpha value is -2.28. The molecule has 0 atom stereocenters. The Morgan fingerprint density at radius 1 is 1.17 bits per heavy atom. The molecule has 0 radical (unpaired) electrons. The highest BCUT2D eigenvalue weighted by Gasteiger charge is 2.21. The van der Waals surface area contributed by atoms with Crippen LogP contribution in [0.4, 0.5) is 5.69 Å². The summed E-state index contributed by atoms with van der Waals surface area (Å²) in [5.41, 5.74) is 4.24.